The zero-order valence-corrected chi connectivity index (χ0v) is 10.9. The van der Waals surface area contributed by atoms with Gasteiger partial charge >= 0.3 is 0 Å². The number of nitrogens with one attached hydrogen (secondary N) is 1. The molecule has 0 fully saturated rings. The lowest BCUT2D eigenvalue weighted by Gasteiger charge is -2.22. The first kappa shape index (κ1) is 11.5. The molecule has 2 heterocycles. The van der Waals surface area contributed by atoms with E-state index in [9.17, 15) is 0 Å². The van der Waals surface area contributed by atoms with E-state index in [1.54, 1.807) is 6.26 Å². The van der Waals surface area contributed by atoms with Gasteiger partial charge in [0.05, 0.1) is 12.0 Å². The SMILES string of the molecule is Cc1nn(C)cc1CNC1CCCc2occc21. The first-order valence-electron chi connectivity index (χ1n) is 6.53. The van der Waals surface area contributed by atoms with Crippen molar-refractivity contribution in [2.75, 3.05) is 0 Å². The number of hydrogen-bond donors (Lipinski definition) is 1. The van der Waals surface area contributed by atoms with E-state index in [1.165, 1.54) is 24.0 Å². The van der Waals surface area contributed by atoms with Crippen LogP contribution in [0.15, 0.2) is 22.9 Å². The number of nitrogens with zero attached hydrogens (tertiary/aromatic N) is 2. The minimum absolute atomic E-state index is 0.423. The Morgan fingerprint density at radius 1 is 1.56 bits per heavy atom. The van der Waals surface area contributed by atoms with Gasteiger partial charge in [0.25, 0.3) is 0 Å². The van der Waals surface area contributed by atoms with Crippen molar-refractivity contribution in [1.82, 2.24) is 15.1 Å². The molecular formula is C14H19N3O. The summed E-state index contributed by atoms with van der Waals surface area (Å²) in [6, 6.07) is 2.52. The van der Waals surface area contributed by atoms with Crippen LogP contribution < -0.4 is 5.32 Å². The standard InChI is InChI=1S/C14H19N3O/c1-10-11(9-17(2)16-10)8-15-13-4-3-5-14-12(13)6-7-18-14/h6-7,9,13,15H,3-5,8H2,1-2H3. The summed E-state index contributed by atoms with van der Waals surface area (Å²) >= 11 is 0. The average Bonchev–Trinajstić information content (AvgIpc) is 2.93. The van der Waals surface area contributed by atoms with Crippen LogP contribution in [0.5, 0.6) is 0 Å². The fourth-order valence-corrected chi connectivity index (χ4v) is 2.75. The summed E-state index contributed by atoms with van der Waals surface area (Å²) in [5.41, 5.74) is 3.71. The van der Waals surface area contributed by atoms with Gasteiger partial charge in [-0.3, -0.25) is 4.68 Å². The molecule has 4 nitrogen and oxygen atoms in total. The van der Waals surface area contributed by atoms with Crippen LogP contribution in [0.4, 0.5) is 0 Å². The van der Waals surface area contributed by atoms with Crippen LogP contribution >= 0.6 is 0 Å². The van der Waals surface area contributed by atoms with Crippen molar-refractivity contribution >= 4 is 0 Å². The summed E-state index contributed by atoms with van der Waals surface area (Å²) in [6.45, 7) is 2.93. The van der Waals surface area contributed by atoms with Crippen LogP contribution in [0.1, 0.15) is 41.5 Å². The predicted molar refractivity (Wildman–Crippen MR) is 69.2 cm³/mol. The summed E-state index contributed by atoms with van der Waals surface area (Å²) in [5, 5.41) is 7.99. The Hall–Kier alpha value is -1.55. The van der Waals surface area contributed by atoms with Crippen LogP contribution in [0.3, 0.4) is 0 Å². The second-order valence-corrected chi connectivity index (χ2v) is 5.04. The molecular weight excluding hydrogens is 226 g/mol. The second kappa shape index (κ2) is 4.61. The minimum Gasteiger partial charge on any atom is -0.469 e. The van der Waals surface area contributed by atoms with Crippen molar-refractivity contribution in [3.8, 4) is 0 Å². The zero-order chi connectivity index (χ0) is 12.5. The highest BCUT2D eigenvalue weighted by Gasteiger charge is 2.22. The van der Waals surface area contributed by atoms with Crippen LogP contribution in [-0.4, -0.2) is 9.78 Å². The van der Waals surface area contributed by atoms with E-state index in [4.69, 9.17) is 4.42 Å². The lowest BCUT2D eigenvalue weighted by Crippen LogP contribution is -2.24. The molecule has 0 bridgehead atoms. The molecule has 0 spiro atoms. The monoisotopic (exact) mass is 245 g/mol. The van der Waals surface area contributed by atoms with Gasteiger partial charge in [0.1, 0.15) is 5.76 Å². The van der Waals surface area contributed by atoms with Gasteiger partial charge in [-0.1, -0.05) is 0 Å². The maximum atomic E-state index is 5.51. The van der Waals surface area contributed by atoms with Crippen molar-refractivity contribution in [2.24, 2.45) is 7.05 Å². The largest absolute Gasteiger partial charge is 0.469 e. The third kappa shape index (κ3) is 2.08. The van der Waals surface area contributed by atoms with Crippen molar-refractivity contribution in [3.63, 3.8) is 0 Å². The van der Waals surface area contributed by atoms with Crippen molar-refractivity contribution in [2.45, 2.75) is 38.8 Å². The molecule has 4 heteroatoms. The molecule has 2 aromatic rings. The summed E-state index contributed by atoms with van der Waals surface area (Å²) in [4.78, 5) is 0. The fourth-order valence-electron chi connectivity index (χ4n) is 2.75. The summed E-state index contributed by atoms with van der Waals surface area (Å²) in [7, 11) is 1.96. The molecule has 1 N–H and O–H groups in total. The highest BCUT2D eigenvalue weighted by atomic mass is 16.3. The van der Waals surface area contributed by atoms with Gasteiger partial charge in [0, 0.05) is 43.4 Å². The second-order valence-electron chi connectivity index (χ2n) is 5.04. The van der Waals surface area contributed by atoms with Gasteiger partial charge in [0.2, 0.25) is 0 Å². The molecule has 3 rings (SSSR count). The third-order valence-corrected chi connectivity index (χ3v) is 3.71. The predicted octanol–water partition coefficient (Wildman–Crippen LogP) is 2.49. The van der Waals surface area contributed by atoms with Crippen LogP contribution in [-0.2, 0) is 20.0 Å². The van der Waals surface area contributed by atoms with E-state index < -0.39 is 0 Å². The maximum Gasteiger partial charge on any atom is 0.108 e. The van der Waals surface area contributed by atoms with Crippen LogP contribution in [0.2, 0.25) is 0 Å². The van der Waals surface area contributed by atoms with Gasteiger partial charge in [0.15, 0.2) is 0 Å². The molecule has 1 aliphatic carbocycles. The molecule has 1 aliphatic rings. The smallest absolute Gasteiger partial charge is 0.108 e. The molecule has 0 saturated carbocycles. The fraction of sp³-hybridized carbons (Fsp3) is 0.500. The minimum atomic E-state index is 0.423. The van der Waals surface area contributed by atoms with Gasteiger partial charge in [-0.05, 0) is 25.8 Å². The average molecular weight is 245 g/mol. The van der Waals surface area contributed by atoms with E-state index in [-0.39, 0.29) is 0 Å². The molecule has 1 atom stereocenters. The molecule has 0 aromatic carbocycles. The molecule has 2 aromatic heterocycles. The highest BCUT2D eigenvalue weighted by Crippen LogP contribution is 2.30. The van der Waals surface area contributed by atoms with E-state index in [1.807, 2.05) is 11.7 Å². The van der Waals surface area contributed by atoms with Crippen molar-refractivity contribution < 1.29 is 4.42 Å². The first-order chi connectivity index (χ1) is 8.74. The number of fused-ring (bicyclic) bond motifs is 1. The Labute approximate surface area is 107 Å². The highest BCUT2D eigenvalue weighted by molar-refractivity contribution is 5.24. The molecule has 18 heavy (non-hydrogen) atoms. The summed E-state index contributed by atoms with van der Waals surface area (Å²) < 4.78 is 7.38. The van der Waals surface area contributed by atoms with Crippen molar-refractivity contribution in [3.05, 3.63) is 41.1 Å². The zero-order valence-electron chi connectivity index (χ0n) is 10.9. The van der Waals surface area contributed by atoms with E-state index in [0.29, 0.717) is 6.04 Å². The van der Waals surface area contributed by atoms with Gasteiger partial charge in [-0.15, -0.1) is 0 Å². The Morgan fingerprint density at radius 3 is 3.22 bits per heavy atom. The maximum absolute atomic E-state index is 5.51. The lowest BCUT2D eigenvalue weighted by molar-refractivity contribution is 0.410. The normalized spacial score (nSPS) is 18.9. The van der Waals surface area contributed by atoms with E-state index in [2.05, 4.69) is 29.6 Å². The molecule has 0 radical (unpaired) electrons. The number of aryl methyl sites for hydroxylation is 3. The topological polar surface area (TPSA) is 43.0 Å². The molecule has 0 aliphatic heterocycles. The van der Waals surface area contributed by atoms with Gasteiger partial charge < -0.3 is 9.73 Å². The molecule has 0 amide bonds. The van der Waals surface area contributed by atoms with Crippen LogP contribution in [0.25, 0.3) is 0 Å². The molecule has 0 saturated heterocycles. The first-order valence-corrected chi connectivity index (χ1v) is 6.53. The third-order valence-electron chi connectivity index (χ3n) is 3.71. The summed E-state index contributed by atoms with van der Waals surface area (Å²) in [5.74, 6) is 1.15. The van der Waals surface area contributed by atoms with Gasteiger partial charge in [-0.2, -0.15) is 5.10 Å². The number of hydrogen-bond acceptors (Lipinski definition) is 3. The van der Waals surface area contributed by atoms with Gasteiger partial charge in [-0.25, -0.2) is 0 Å². The van der Waals surface area contributed by atoms with E-state index >= 15 is 0 Å². The Balaban J connectivity index is 1.70. The Bertz CT molecular complexity index is 541. The molecule has 96 valence electrons. The number of rotatable bonds is 3. The number of furan rings is 1. The van der Waals surface area contributed by atoms with Crippen LogP contribution in [0, 0.1) is 6.92 Å². The molecule has 1 unspecified atom stereocenters. The lowest BCUT2D eigenvalue weighted by atomic mass is 9.93. The van der Waals surface area contributed by atoms with E-state index in [0.717, 1.165) is 24.4 Å². The Morgan fingerprint density at radius 2 is 2.44 bits per heavy atom. The van der Waals surface area contributed by atoms with Crippen molar-refractivity contribution in [1.29, 1.82) is 0 Å². The number of aromatic nitrogens is 2. The summed E-state index contributed by atoms with van der Waals surface area (Å²) in [6.07, 6.45) is 7.35. The Kier molecular flexibility index (Phi) is 2.96. The quantitative estimate of drug-likeness (QED) is 0.903.